The molecule has 0 saturated heterocycles. The summed E-state index contributed by atoms with van der Waals surface area (Å²) in [5.41, 5.74) is 0.693. The van der Waals surface area contributed by atoms with Crippen molar-refractivity contribution in [2.75, 3.05) is 6.54 Å². The lowest BCUT2D eigenvalue weighted by Crippen LogP contribution is -2.48. The fraction of sp³-hybridized carbons (Fsp3) is 0.667. The van der Waals surface area contributed by atoms with E-state index >= 15 is 0 Å². The summed E-state index contributed by atoms with van der Waals surface area (Å²) < 4.78 is 14.6. The zero-order valence-electron chi connectivity index (χ0n) is 13.6. The Kier molecular flexibility index (Phi) is 4.99. The van der Waals surface area contributed by atoms with E-state index < -0.39 is 0 Å². The van der Waals surface area contributed by atoms with Crippen molar-refractivity contribution < 1.29 is 4.39 Å². The second kappa shape index (κ2) is 6.26. The standard InChI is InChI=1S/C18H27ClFN/c1-13-8-10-18(11-9-13,12-21-17(2,3)4)14-6-5-7-15(19)16(14)20/h5-7,13,21H,8-12H2,1-4H3. The molecule has 0 amide bonds. The van der Waals surface area contributed by atoms with Gasteiger partial charge in [-0.2, -0.15) is 0 Å². The van der Waals surface area contributed by atoms with Gasteiger partial charge in [0.25, 0.3) is 0 Å². The number of rotatable bonds is 3. The zero-order chi connectivity index (χ0) is 15.7. The van der Waals surface area contributed by atoms with Gasteiger partial charge in [-0.15, -0.1) is 0 Å². The third-order valence-corrected chi connectivity index (χ3v) is 5.00. The van der Waals surface area contributed by atoms with Crippen LogP contribution in [0.25, 0.3) is 0 Å². The molecule has 1 aliphatic carbocycles. The van der Waals surface area contributed by atoms with Crippen molar-refractivity contribution in [2.45, 2.75) is 64.3 Å². The van der Waals surface area contributed by atoms with E-state index in [0.717, 1.165) is 43.7 Å². The summed E-state index contributed by atoms with van der Waals surface area (Å²) in [7, 11) is 0. The zero-order valence-corrected chi connectivity index (χ0v) is 14.4. The molecular weight excluding hydrogens is 285 g/mol. The Balaban J connectivity index is 2.34. The molecule has 0 atom stereocenters. The van der Waals surface area contributed by atoms with E-state index in [2.05, 4.69) is 33.0 Å². The van der Waals surface area contributed by atoms with Crippen LogP contribution in [0, 0.1) is 11.7 Å². The molecule has 3 heteroatoms. The Hall–Kier alpha value is -0.600. The van der Waals surface area contributed by atoms with Gasteiger partial charge in [0, 0.05) is 17.5 Å². The van der Waals surface area contributed by atoms with Crippen LogP contribution >= 0.6 is 11.6 Å². The smallest absolute Gasteiger partial charge is 0.145 e. The van der Waals surface area contributed by atoms with Gasteiger partial charge in [0.15, 0.2) is 0 Å². The molecule has 118 valence electrons. The molecule has 1 aromatic rings. The summed E-state index contributed by atoms with van der Waals surface area (Å²) in [5, 5.41) is 3.82. The summed E-state index contributed by atoms with van der Waals surface area (Å²) in [6, 6.07) is 5.43. The first-order valence-electron chi connectivity index (χ1n) is 7.93. The summed E-state index contributed by atoms with van der Waals surface area (Å²) in [6.07, 6.45) is 4.35. The molecule has 0 aliphatic heterocycles. The number of hydrogen-bond donors (Lipinski definition) is 1. The van der Waals surface area contributed by atoms with Gasteiger partial charge in [-0.25, -0.2) is 4.39 Å². The van der Waals surface area contributed by atoms with Gasteiger partial charge < -0.3 is 5.32 Å². The third-order valence-electron chi connectivity index (χ3n) is 4.71. The van der Waals surface area contributed by atoms with Crippen LogP contribution in [0.3, 0.4) is 0 Å². The van der Waals surface area contributed by atoms with Crippen LogP contribution in [0.1, 0.15) is 58.9 Å². The second-order valence-electron chi connectivity index (χ2n) is 7.67. The minimum Gasteiger partial charge on any atom is -0.311 e. The summed E-state index contributed by atoms with van der Waals surface area (Å²) >= 11 is 6.02. The monoisotopic (exact) mass is 311 g/mol. The van der Waals surface area contributed by atoms with Crippen LogP contribution in [0.5, 0.6) is 0 Å². The van der Waals surface area contributed by atoms with Crippen LogP contribution in [-0.2, 0) is 5.41 Å². The number of hydrogen-bond acceptors (Lipinski definition) is 1. The molecule has 2 rings (SSSR count). The molecule has 1 aromatic carbocycles. The Labute approximate surface area is 133 Å². The van der Waals surface area contributed by atoms with E-state index in [4.69, 9.17) is 11.6 Å². The van der Waals surface area contributed by atoms with Crippen LogP contribution in [0.2, 0.25) is 5.02 Å². The van der Waals surface area contributed by atoms with Crippen molar-refractivity contribution in [2.24, 2.45) is 5.92 Å². The summed E-state index contributed by atoms with van der Waals surface area (Å²) in [6.45, 7) is 9.55. The molecule has 0 unspecified atom stereocenters. The van der Waals surface area contributed by atoms with Gasteiger partial charge in [-0.3, -0.25) is 0 Å². The molecule has 0 bridgehead atoms. The summed E-state index contributed by atoms with van der Waals surface area (Å²) in [5.74, 6) is 0.499. The SMILES string of the molecule is CC1CCC(CNC(C)(C)C)(c2cccc(Cl)c2F)CC1. The molecule has 1 aliphatic rings. The Morgan fingerprint density at radius 1 is 1.29 bits per heavy atom. The molecule has 1 N–H and O–H groups in total. The molecule has 1 saturated carbocycles. The van der Waals surface area contributed by atoms with E-state index in [0.29, 0.717) is 0 Å². The van der Waals surface area contributed by atoms with Crippen molar-refractivity contribution in [3.8, 4) is 0 Å². The topological polar surface area (TPSA) is 12.0 Å². The number of nitrogens with one attached hydrogen (secondary N) is 1. The minimum absolute atomic E-state index is 0.0329. The quantitative estimate of drug-likeness (QED) is 0.797. The highest BCUT2D eigenvalue weighted by Crippen LogP contribution is 2.43. The van der Waals surface area contributed by atoms with Crippen LogP contribution in [0.15, 0.2) is 18.2 Å². The lowest BCUT2D eigenvalue weighted by atomic mass is 9.66. The predicted molar refractivity (Wildman–Crippen MR) is 88.5 cm³/mol. The van der Waals surface area contributed by atoms with Crippen LogP contribution < -0.4 is 5.32 Å². The second-order valence-corrected chi connectivity index (χ2v) is 8.07. The highest BCUT2D eigenvalue weighted by molar-refractivity contribution is 6.30. The Bertz CT molecular complexity index is 484. The van der Waals surface area contributed by atoms with E-state index in [9.17, 15) is 4.39 Å². The molecule has 0 spiro atoms. The molecule has 0 radical (unpaired) electrons. The molecule has 1 nitrogen and oxygen atoms in total. The molecule has 21 heavy (non-hydrogen) atoms. The van der Waals surface area contributed by atoms with E-state index in [1.54, 1.807) is 6.07 Å². The normalized spacial score (nSPS) is 26.9. The third kappa shape index (κ3) is 3.98. The van der Waals surface area contributed by atoms with Gasteiger partial charge in [-0.05, 0) is 64.0 Å². The highest BCUT2D eigenvalue weighted by Gasteiger charge is 2.38. The van der Waals surface area contributed by atoms with Gasteiger partial charge in [0.1, 0.15) is 5.82 Å². The van der Waals surface area contributed by atoms with Crippen molar-refractivity contribution in [3.63, 3.8) is 0 Å². The molecule has 0 heterocycles. The maximum atomic E-state index is 14.6. The van der Waals surface area contributed by atoms with Gasteiger partial charge in [0.2, 0.25) is 0 Å². The van der Waals surface area contributed by atoms with Gasteiger partial charge >= 0.3 is 0 Å². The lowest BCUT2D eigenvalue weighted by Gasteiger charge is -2.42. The highest BCUT2D eigenvalue weighted by atomic mass is 35.5. The molecular formula is C18H27ClFN. The fourth-order valence-corrected chi connectivity index (χ4v) is 3.38. The molecule has 1 fully saturated rings. The molecule has 0 aromatic heterocycles. The average Bonchev–Trinajstić information content (AvgIpc) is 2.41. The summed E-state index contributed by atoms with van der Waals surface area (Å²) in [4.78, 5) is 0. The predicted octanol–water partition coefficient (Wildman–Crippen LogP) is 5.32. The van der Waals surface area contributed by atoms with Crippen LogP contribution in [-0.4, -0.2) is 12.1 Å². The Morgan fingerprint density at radius 2 is 1.90 bits per heavy atom. The van der Waals surface area contributed by atoms with Crippen molar-refractivity contribution in [1.29, 1.82) is 0 Å². The van der Waals surface area contributed by atoms with E-state index in [-0.39, 0.29) is 21.8 Å². The van der Waals surface area contributed by atoms with Gasteiger partial charge in [0.05, 0.1) is 5.02 Å². The average molecular weight is 312 g/mol. The van der Waals surface area contributed by atoms with Crippen LogP contribution in [0.4, 0.5) is 4.39 Å². The maximum Gasteiger partial charge on any atom is 0.145 e. The largest absolute Gasteiger partial charge is 0.311 e. The van der Waals surface area contributed by atoms with Crippen molar-refractivity contribution in [3.05, 3.63) is 34.6 Å². The first-order chi connectivity index (χ1) is 9.73. The lowest BCUT2D eigenvalue weighted by molar-refractivity contribution is 0.212. The minimum atomic E-state index is -0.232. The van der Waals surface area contributed by atoms with E-state index in [1.807, 2.05) is 12.1 Å². The number of benzene rings is 1. The van der Waals surface area contributed by atoms with E-state index in [1.165, 1.54) is 0 Å². The van der Waals surface area contributed by atoms with Crippen molar-refractivity contribution in [1.82, 2.24) is 5.32 Å². The number of halogens is 2. The first kappa shape index (κ1) is 16.8. The maximum absolute atomic E-state index is 14.6. The fourth-order valence-electron chi connectivity index (χ4n) is 3.20. The van der Waals surface area contributed by atoms with Gasteiger partial charge in [-0.1, -0.05) is 30.7 Å². The first-order valence-corrected chi connectivity index (χ1v) is 8.31. The van der Waals surface area contributed by atoms with Crippen molar-refractivity contribution >= 4 is 11.6 Å². The Morgan fingerprint density at radius 3 is 2.48 bits per heavy atom.